The number of esters is 1. The summed E-state index contributed by atoms with van der Waals surface area (Å²) < 4.78 is 5.19. The predicted molar refractivity (Wildman–Crippen MR) is 116 cm³/mol. The average Bonchev–Trinajstić information content (AvgIpc) is 2.74. The molecule has 0 bridgehead atoms. The molecule has 9 nitrogen and oxygen atoms in total. The molecule has 3 rings (SSSR count). The van der Waals surface area contributed by atoms with E-state index in [4.69, 9.17) is 10.5 Å². The number of hydrogen-bond acceptors (Lipinski definition) is 8. The quantitative estimate of drug-likeness (QED) is 0.449. The molecule has 1 aromatic heterocycles. The van der Waals surface area contributed by atoms with E-state index >= 15 is 0 Å². The molecule has 0 atom stereocenters. The van der Waals surface area contributed by atoms with Crippen LogP contribution in [-0.2, 0) is 27.4 Å². The van der Waals surface area contributed by atoms with Crippen LogP contribution in [0.4, 0.5) is 17.6 Å². The van der Waals surface area contributed by atoms with Crippen molar-refractivity contribution in [3.05, 3.63) is 71.5 Å². The van der Waals surface area contributed by atoms with E-state index in [-0.39, 0.29) is 49.6 Å². The molecule has 0 aliphatic rings. The van der Waals surface area contributed by atoms with Crippen molar-refractivity contribution < 1.29 is 14.3 Å². The molecule has 0 aliphatic heterocycles. The van der Waals surface area contributed by atoms with Crippen LogP contribution in [0.15, 0.2) is 54.6 Å². The summed E-state index contributed by atoms with van der Waals surface area (Å²) in [6.45, 7) is 1.99. The topological polar surface area (TPSA) is 132 Å². The lowest BCUT2D eigenvalue weighted by Crippen LogP contribution is -2.28. The molecule has 0 saturated heterocycles. The molecule has 4 N–H and O–H groups in total. The molecule has 0 unspecified atom stereocenters. The zero-order chi connectivity index (χ0) is 22.1. The first kappa shape index (κ1) is 21.7. The summed E-state index contributed by atoms with van der Waals surface area (Å²) in [5, 5.41) is 5.78. The standard InChI is InChI=1S/C22H24N6O3/c1-15-7-5-6-10-17(15)25-22-27-18(26-21(23)28-22)14-31-20(30)11-12-24-19(29)13-16-8-3-2-4-9-16/h2-10H,11-14H2,1H3,(H,24,29)(H3,23,25,26,27,28). The maximum Gasteiger partial charge on any atom is 0.308 e. The molecule has 3 aromatic rings. The lowest BCUT2D eigenvalue weighted by molar-refractivity contribution is -0.145. The highest BCUT2D eigenvalue weighted by atomic mass is 16.5. The SMILES string of the molecule is Cc1ccccc1Nc1nc(N)nc(COC(=O)CCNC(=O)Cc2ccccc2)n1. The number of benzene rings is 2. The van der Waals surface area contributed by atoms with Crippen molar-refractivity contribution in [3.8, 4) is 0 Å². The largest absolute Gasteiger partial charge is 0.457 e. The minimum Gasteiger partial charge on any atom is -0.457 e. The number of hydrogen-bond donors (Lipinski definition) is 3. The van der Waals surface area contributed by atoms with Gasteiger partial charge in [-0.15, -0.1) is 0 Å². The maximum absolute atomic E-state index is 12.0. The van der Waals surface area contributed by atoms with Gasteiger partial charge in [-0.1, -0.05) is 48.5 Å². The van der Waals surface area contributed by atoms with Gasteiger partial charge in [-0.25, -0.2) is 0 Å². The Labute approximate surface area is 180 Å². The third-order valence-electron chi connectivity index (χ3n) is 4.31. The molecule has 0 radical (unpaired) electrons. The number of ether oxygens (including phenoxy) is 1. The number of nitrogens with zero attached hydrogens (tertiary/aromatic N) is 3. The molecular weight excluding hydrogens is 396 g/mol. The van der Waals surface area contributed by atoms with E-state index < -0.39 is 5.97 Å². The molecule has 0 aliphatic carbocycles. The summed E-state index contributed by atoms with van der Waals surface area (Å²) in [5.41, 5.74) is 8.50. The second-order valence-corrected chi connectivity index (χ2v) is 6.80. The first-order valence-electron chi connectivity index (χ1n) is 9.79. The number of nitrogen functional groups attached to an aromatic ring is 1. The lowest BCUT2D eigenvalue weighted by Gasteiger charge is -2.10. The van der Waals surface area contributed by atoms with E-state index in [1.807, 2.05) is 61.5 Å². The Morgan fingerprint density at radius 1 is 1.00 bits per heavy atom. The number of anilines is 3. The van der Waals surface area contributed by atoms with Gasteiger partial charge < -0.3 is 21.1 Å². The van der Waals surface area contributed by atoms with Crippen LogP contribution < -0.4 is 16.4 Å². The molecule has 1 heterocycles. The van der Waals surface area contributed by atoms with Gasteiger partial charge in [-0.2, -0.15) is 15.0 Å². The van der Waals surface area contributed by atoms with Crippen molar-refractivity contribution in [2.24, 2.45) is 0 Å². The van der Waals surface area contributed by atoms with Crippen molar-refractivity contribution in [2.45, 2.75) is 26.4 Å². The zero-order valence-corrected chi connectivity index (χ0v) is 17.2. The molecule has 0 spiro atoms. The van der Waals surface area contributed by atoms with Crippen LogP contribution in [-0.4, -0.2) is 33.4 Å². The minimum absolute atomic E-state index is 0.0188. The first-order valence-corrected chi connectivity index (χ1v) is 9.79. The summed E-state index contributed by atoms with van der Waals surface area (Å²) in [6, 6.07) is 17.0. The van der Waals surface area contributed by atoms with E-state index in [9.17, 15) is 9.59 Å². The fourth-order valence-corrected chi connectivity index (χ4v) is 2.76. The van der Waals surface area contributed by atoms with Gasteiger partial charge in [0.15, 0.2) is 12.4 Å². The highest BCUT2D eigenvalue weighted by Crippen LogP contribution is 2.17. The Balaban J connectivity index is 1.45. The van der Waals surface area contributed by atoms with Crippen LogP contribution in [0, 0.1) is 6.92 Å². The number of rotatable bonds is 9. The summed E-state index contributed by atoms with van der Waals surface area (Å²) >= 11 is 0. The van der Waals surface area contributed by atoms with Gasteiger partial charge in [0.1, 0.15) is 0 Å². The number of aryl methyl sites for hydroxylation is 1. The Bertz CT molecular complexity index is 1040. The Kier molecular flexibility index (Phi) is 7.47. The van der Waals surface area contributed by atoms with Crippen molar-refractivity contribution in [2.75, 3.05) is 17.6 Å². The van der Waals surface area contributed by atoms with E-state index in [1.165, 1.54) is 0 Å². The molecule has 2 aromatic carbocycles. The van der Waals surface area contributed by atoms with Crippen molar-refractivity contribution >= 4 is 29.5 Å². The van der Waals surface area contributed by atoms with Crippen LogP contribution in [0.25, 0.3) is 0 Å². The van der Waals surface area contributed by atoms with Crippen LogP contribution in [0.3, 0.4) is 0 Å². The number of carbonyl (C=O) groups is 2. The Hall–Kier alpha value is -4.01. The fraction of sp³-hybridized carbons (Fsp3) is 0.227. The van der Waals surface area contributed by atoms with Gasteiger partial charge in [0.25, 0.3) is 0 Å². The molecule has 0 saturated carbocycles. The van der Waals surface area contributed by atoms with Gasteiger partial charge in [0, 0.05) is 12.2 Å². The second kappa shape index (κ2) is 10.7. The van der Waals surface area contributed by atoms with E-state index in [0.717, 1.165) is 16.8 Å². The number of amides is 1. The summed E-state index contributed by atoms with van der Waals surface area (Å²) in [5.74, 6) is -0.125. The van der Waals surface area contributed by atoms with Crippen LogP contribution in [0.1, 0.15) is 23.4 Å². The number of aromatic nitrogens is 3. The van der Waals surface area contributed by atoms with Crippen LogP contribution in [0.5, 0.6) is 0 Å². The highest BCUT2D eigenvalue weighted by molar-refractivity contribution is 5.79. The number of nitrogens with one attached hydrogen (secondary N) is 2. The van der Waals surface area contributed by atoms with Gasteiger partial charge in [0.2, 0.25) is 17.8 Å². The third kappa shape index (κ3) is 7.07. The Morgan fingerprint density at radius 2 is 1.74 bits per heavy atom. The second-order valence-electron chi connectivity index (χ2n) is 6.80. The monoisotopic (exact) mass is 420 g/mol. The highest BCUT2D eigenvalue weighted by Gasteiger charge is 2.10. The van der Waals surface area contributed by atoms with Crippen molar-refractivity contribution in [3.63, 3.8) is 0 Å². The molecule has 0 fully saturated rings. The summed E-state index contributed by atoms with van der Waals surface area (Å²) in [6.07, 6.45) is 0.298. The van der Waals surface area contributed by atoms with E-state index in [0.29, 0.717) is 0 Å². The number of carbonyl (C=O) groups excluding carboxylic acids is 2. The summed E-state index contributed by atoms with van der Waals surface area (Å²) in [4.78, 5) is 36.2. The smallest absolute Gasteiger partial charge is 0.308 e. The molecule has 31 heavy (non-hydrogen) atoms. The van der Waals surface area contributed by atoms with Gasteiger partial charge in [0.05, 0.1) is 12.8 Å². The predicted octanol–water partition coefficient (Wildman–Crippen LogP) is 2.30. The van der Waals surface area contributed by atoms with Gasteiger partial charge >= 0.3 is 5.97 Å². The number of nitrogens with two attached hydrogens (primary N) is 1. The maximum atomic E-state index is 12.0. The van der Waals surface area contributed by atoms with Crippen molar-refractivity contribution in [1.82, 2.24) is 20.3 Å². The van der Waals surface area contributed by atoms with E-state index in [1.54, 1.807) is 0 Å². The molecular formula is C22H24N6O3. The zero-order valence-electron chi connectivity index (χ0n) is 17.2. The van der Waals surface area contributed by atoms with E-state index in [2.05, 4.69) is 25.6 Å². The minimum atomic E-state index is -0.479. The lowest BCUT2D eigenvalue weighted by atomic mass is 10.1. The normalized spacial score (nSPS) is 10.4. The van der Waals surface area contributed by atoms with Crippen LogP contribution in [0.2, 0.25) is 0 Å². The molecule has 9 heteroatoms. The van der Waals surface area contributed by atoms with Crippen molar-refractivity contribution in [1.29, 1.82) is 0 Å². The average molecular weight is 420 g/mol. The summed E-state index contributed by atoms with van der Waals surface area (Å²) in [7, 11) is 0. The third-order valence-corrected chi connectivity index (χ3v) is 4.31. The van der Waals surface area contributed by atoms with Gasteiger partial charge in [-0.3, -0.25) is 9.59 Å². The van der Waals surface area contributed by atoms with Gasteiger partial charge in [-0.05, 0) is 24.1 Å². The molecule has 1 amide bonds. The Morgan fingerprint density at radius 3 is 2.52 bits per heavy atom. The van der Waals surface area contributed by atoms with Crippen LogP contribution >= 0.6 is 0 Å². The molecule has 160 valence electrons. The first-order chi connectivity index (χ1) is 15.0. The number of para-hydroxylation sites is 1. The fourth-order valence-electron chi connectivity index (χ4n) is 2.76.